The maximum Gasteiger partial charge on any atom is 0.191 e. The molecular formula is C19H27ClN6. The second kappa shape index (κ2) is 9.57. The quantitative estimate of drug-likeness (QED) is 0.602. The van der Waals surface area contributed by atoms with Gasteiger partial charge in [0.05, 0.1) is 0 Å². The van der Waals surface area contributed by atoms with Crippen LogP contribution >= 0.6 is 11.6 Å². The van der Waals surface area contributed by atoms with Gasteiger partial charge < -0.3 is 15.2 Å². The van der Waals surface area contributed by atoms with Crippen molar-refractivity contribution in [2.75, 3.05) is 20.1 Å². The average molecular weight is 375 g/mol. The van der Waals surface area contributed by atoms with Crippen LogP contribution in [0.3, 0.4) is 0 Å². The molecule has 1 aromatic heterocycles. The molecule has 7 heteroatoms. The van der Waals surface area contributed by atoms with E-state index in [1.807, 2.05) is 18.2 Å². The van der Waals surface area contributed by atoms with E-state index in [0.717, 1.165) is 61.5 Å². The largest absolute Gasteiger partial charge is 0.356 e. The van der Waals surface area contributed by atoms with Gasteiger partial charge in [-0.1, -0.05) is 30.2 Å². The summed E-state index contributed by atoms with van der Waals surface area (Å²) in [6.45, 7) is 2.64. The Kier molecular flexibility index (Phi) is 6.89. The van der Waals surface area contributed by atoms with Gasteiger partial charge in [-0.2, -0.15) is 0 Å². The lowest BCUT2D eigenvalue weighted by molar-refractivity contribution is 0.600. The van der Waals surface area contributed by atoms with Gasteiger partial charge in [-0.3, -0.25) is 4.99 Å². The highest BCUT2D eigenvalue weighted by atomic mass is 35.5. The molecule has 0 amide bonds. The van der Waals surface area contributed by atoms with E-state index in [4.69, 9.17) is 11.6 Å². The number of benzene rings is 1. The third-order valence-corrected chi connectivity index (χ3v) is 4.88. The molecule has 0 aliphatic carbocycles. The number of hydrogen-bond acceptors (Lipinski definition) is 3. The van der Waals surface area contributed by atoms with Crippen LogP contribution in [0.2, 0.25) is 5.02 Å². The molecule has 26 heavy (non-hydrogen) atoms. The first kappa shape index (κ1) is 18.7. The molecule has 140 valence electrons. The maximum atomic E-state index is 6.02. The molecule has 3 rings (SSSR count). The van der Waals surface area contributed by atoms with Gasteiger partial charge in [0.2, 0.25) is 0 Å². The van der Waals surface area contributed by atoms with E-state index in [-0.39, 0.29) is 0 Å². The summed E-state index contributed by atoms with van der Waals surface area (Å²) in [4.78, 5) is 4.28. The fourth-order valence-corrected chi connectivity index (χ4v) is 3.47. The van der Waals surface area contributed by atoms with Crippen molar-refractivity contribution >= 4 is 17.6 Å². The summed E-state index contributed by atoms with van der Waals surface area (Å²) >= 11 is 6.02. The van der Waals surface area contributed by atoms with Gasteiger partial charge in [-0.15, -0.1) is 10.2 Å². The van der Waals surface area contributed by atoms with Crippen molar-refractivity contribution in [3.8, 4) is 0 Å². The van der Waals surface area contributed by atoms with Crippen LogP contribution in [0.1, 0.15) is 36.5 Å². The number of nitrogens with one attached hydrogen (secondary N) is 2. The Bertz CT molecular complexity index is 739. The summed E-state index contributed by atoms with van der Waals surface area (Å²) < 4.78 is 2.30. The summed E-state index contributed by atoms with van der Waals surface area (Å²) in [5, 5.41) is 16.2. The van der Waals surface area contributed by atoms with Gasteiger partial charge in [0.1, 0.15) is 11.6 Å². The summed E-state index contributed by atoms with van der Waals surface area (Å²) in [7, 11) is 1.79. The van der Waals surface area contributed by atoms with Crippen molar-refractivity contribution < 1.29 is 0 Å². The fourth-order valence-electron chi connectivity index (χ4n) is 3.26. The molecule has 1 aromatic carbocycles. The number of halogens is 1. The molecule has 2 N–H and O–H groups in total. The minimum atomic E-state index is 0.775. The molecule has 0 atom stereocenters. The number of hydrogen-bond donors (Lipinski definition) is 2. The van der Waals surface area contributed by atoms with Gasteiger partial charge in [-0.05, 0) is 37.0 Å². The van der Waals surface area contributed by atoms with Crippen LogP contribution in [0.4, 0.5) is 0 Å². The summed E-state index contributed by atoms with van der Waals surface area (Å²) in [6, 6.07) is 7.95. The molecule has 0 bridgehead atoms. The Hall–Kier alpha value is -2.08. The molecule has 1 aliphatic heterocycles. The van der Waals surface area contributed by atoms with Crippen LogP contribution in [0.25, 0.3) is 0 Å². The second-order valence-electron chi connectivity index (χ2n) is 6.55. The fraction of sp³-hybridized carbons (Fsp3) is 0.526. The third kappa shape index (κ3) is 5.21. The van der Waals surface area contributed by atoms with Crippen molar-refractivity contribution in [1.29, 1.82) is 0 Å². The molecule has 0 spiro atoms. The van der Waals surface area contributed by atoms with E-state index in [9.17, 15) is 0 Å². The Morgan fingerprint density at radius 1 is 1.15 bits per heavy atom. The Labute approximate surface area is 160 Å². The van der Waals surface area contributed by atoms with Gasteiger partial charge in [0.15, 0.2) is 5.96 Å². The van der Waals surface area contributed by atoms with Gasteiger partial charge in [-0.25, -0.2) is 0 Å². The van der Waals surface area contributed by atoms with Crippen LogP contribution in [0.5, 0.6) is 0 Å². The molecular weight excluding hydrogens is 348 g/mol. The van der Waals surface area contributed by atoms with Crippen LogP contribution in [0, 0.1) is 0 Å². The topological polar surface area (TPSA) is 67.1 Å². The molecule has 0 unspecified atom stereocenters. The van der Waals surface area contributed by atoms with Gasteiger partial charge >= 0.3 is 0 Å². The number of aryl methyl sites for hydroxylation is 1. The number of aliphatic imine (C=N–C) groups is 1. The van der Waals surface area contributed by atoms with E-state index in [0.29, 0.717) is 0 Å². The smallest absolute Gasteiger partial charge is 0.191 e. The lowest BCUT2D eigenvalue weighted by atomic mass is 10.1. The monoisotopic (exact) mass is 374 g/mol. The van der Waals surface area contributed by atoms with E-state index >= 15 is 0 Å². The molecule has 1 aliphatic rings. The molecule has 2 heterocycles. The Morgan fingerprint density at radius 2 is 2.00 bits per heavy atom. The number of rotatable bonds is 6. The van der Waals surface area contributed by atoms with Crippen LogP contribution in [-0.4, -0.2) is 40.9 Å². The third-order valence-electron chi connectivity index (χ3n) is 4.65. The highest BCUT2D eigenvalue weighted by Gasteiger charge is 2.14. The number of aromatic nitrogens is 3. The van der Waals surface area contributed by atoms with Crippen molar-refractivity contribution in [2.24, 2.45) is 4.99 Å². The molecule has 0 fully saturated rings. The highest BCUT2D eigenvalue weighted by molar-refractivity contribution is 6.30. The van der Waals surface area contributed by atoms with E-state index < -0.39 is 0 Å². The minimum absolute atomic E-state index is 0.775. The van der Waals surface area contributed by atoms with Crippen molar-refractivity contribution in [3.05, 3.63) is 46.5 Å². The predicted octanol–water partition coefficient (Wildman–Crippen LogP) is 2.61. The number of fused-ring (bicyclic) bond motifs is 1. The highest BCUT2D eigenvalue weighted by Crippen LogP contribution is 2.14. The van der Waals surface area contributed by atoms with E-state index in [1.165, 1.54) is 24.8 Å². The summed E-state index contributed by atoms with van der Waals surface area (Å²) in [6.07, 6.45) is 6.52. The standard InChI is InChI=1S/C19H27ClN6/c1-21-19(22-11-9-15-6-5-7-16(20)14-15)23-12-10-18-25-24-17-8-3-2-4-13-26(17)18/h5-7,14H,2-4,8-13H2,1H3,(H2,21,22,23). The second-order valence-corrected chi connectivity index (χ2v) is 6.99. The summed E-state index contributed by atoms with van der Waals surface area (Å²) in [5.41, 5.74) is 1.21. The molecule has 0 saturated carbocycles. The zero-order valence-electron chi connectivity index (χ0n) is 15.3. The van der Waals surface area contributed by atoms with E-state index in [2.05, 4.69) is 36.5 Å². The SMILES string of the molecule is CN=C(NCCc1cccc(Cl)c1)NCCc1nnc2n1CCCCC2. The van der Waals surface area contributed by atoms with Crippen LogP contribution in [-0.2, 0) is 25.8 Å². The first-order chi connectivity index (χ1) is 12.8. The average Bonchev–Trinajstić information content (AvgIpc) is 2.87. The lowest BCUT2D eigenvalue weighted by Crippen LogP contribution is -2.39. The normalized spacial score (nSPS) is 14.6. The first-order valence-electron chi connectivity index (χ1n) is 9.36. The van der Waals surface area contributed by atoms with Crippen molar-refractivity contribution in [3.63, 3.8) is 0 Å². The molecule has 0 radical (unpaired) electrons. The Balaban J connectivity index is 1.42. The van der Waals surface area contributed by atoms with Gasteiger partial charge in [0, 0.05) is 44.5 Å². The van der Waals surface area contributed by atoms with Crippen LogP contribution in [0.15, 0.2) is 29.3 Å². The summed E-state index contributed by atoms with van der Waals surface area (Å²) in [5.74, 6) is 3.02. The van der Waals surface area contributed by atoms with Crippen LogP contribution < -0.4 is 10.6 Å². The minimum Gasteiger partial charge on any atom is -0.356 e. The van der Waals surface area contributed by atoms with Gasteiger partial charge in [0.25, 0.3) is 0 Å². The number of guanidine groups is 1. The zero-order valence-corrected chi connectivity index (χ0v) is 16.1. The molecule has 6 nitrogen and oxygen atoms in total. The predicted molar refractivity (Wildman–Crippen MR) is 106 cm³/mol. The number of nitrogens with zero attached hydrogens (tertiary/aromatic N) is 4. The molecule has 0 saturated heterocycles. The zero-order chi connectivity index (χ0) is 18.2. The van der Waals surface area contributed by atoms with E-state index in [1.54, 1.807) is 7.05 Å². The lowest BCUT2D eigenvalue weighted by Gasteiger charge is -2.12. The Morgan fingerprint density at radius 3 is 2.81 bits per heavy atom. The van der Waals surface area contributed by atoms with Crippen molar-refractivity contribution in [2.45, 2.75) is 45.1 Å². The first-order valence-corrected chi connectivity index (χ1v) is 9.74. The van der Waals surface area contributed by atoms with Crippen molar-refractivity contribution in [1.82, 2.24) is 25.4 Å². The maximum absolute atomic E-state index is 6.02. The molecule has 2 aromatic rings.